The summed E-state index contributed by atoms with van der Waals surface area (Å²) in [4.78, 5) is 27.3. The van der Waals surface area contributed by atoms with Gasteiger partial charge >= 0.3 is 0 Å². The number of para-hydroxylation sites is 2. The van der Waals surface area contributed by atoms with Crippen molar-refractivity contribution in [3.05, 3.63) is 96.1 Å². The number of hydrogen-bond donors (Lipinski definition) is 0. The van der Waals surface area contributed by atoms with E-state index in [1.165, 1.54) is 4.90 Å². The third-order valence-corrected chi connectivity index (χ3v) is 4.12. The molecule has 0 unspecified atom stereocenters. The molecule has 0 spiro atoms. The summed E-state index contributed by atoms with van der Waals surface area (Å²) < 4.78 is 5.90. The second kappa shape index (κ2) is 6.24. The summed E-state index contributed by atoms with van der Waals surface area (Å²) >= 11 is 0. The van der Waals surface area contributed by atoms with Gasteiger partial charge in [-0.3, -0.25) is 9.59 Å². The van der Waals surface area contributed by atoms with Crippen LogP contribution in [-0.2, 0) is 4.79 Å². The molecule has 4 rings (SSSR count). The fourth-order valence-electron chi connectivity index (χ4n) is 2.91. The molecule has 4 nitrogen and oxygen atoms in total. The third-order valence-electron chi connectivity index (χ3n) is 4.12. The van der Waals surface area contributed by atoms with E-state index in [2.05, 4.69) is 0 Å². The van der Waals surface area contributed by atoms with Gasteiger partial charge in [-0.05, 0) is 24.3 Å². The summed E-state index contributed by atoms with van der Waals surface area (Å²) in [6, 6.07) is 25.1. The number of anilines is 1. The first-order valence-corrected chi connectivity index (χ1v) is 7.99. The van der Waals surface area contributed by atoms with Crippen LogP contribution in [0.25, 0.3) is 0 Å². The van der Waals surface area contributed by atoms with Gasteiger partial charge in [-0.15, -0.1) is 0 Å². The van der Waals surface area contributed by atoms with Gasteiger partial charge in [0.25, 0.3) is 11.8 Å². The number of ether oxygens (including phenoxy) is 1. The summed E-state index contributed by atoms with van der Waals surface area (Å²) in [6.45, 7) is 0. The van der Waals surface area contributed by atoms with Crippen molar-refractivity contribution in [1.82, 2.24) is 0 Å². The lowest BCUT2D eigenvalue weighted by Crippen LogP contribution is -2.45. The molecule has 3 aromatic rings. The van der Waals surface area contributed by atoms with Crippen LogP contribution >= 0.6 is 0 Å². The normalized spacial score (nSPS) is 16.1. The van der Waals surface area contributed by atoms with E-state index in [0.717, 1.165) is 0 Å². The van der Waals surface area contributed by atoms with E-state index < -0.39 is 12.0 Å². The van der Waals surface area contributed by atoms with Crippen LogP contribution in [-0.4, -0.2) is 11.8 Å². The van der Waals surface area contributed by atoms with Crippen molar-refractivity contribution in [2.75, 3.05) is 4.90 Å². The van der Waals surface area contributed by atoms with Crippen molar-refractivity contribution in [3.8, 4) is 5.75 Å². The summed E-state index contributed by atoms with van der Waals surface area (Å²) in [5.74, 6) is -0.235. The highest BCUT2D eigenvalue weighted by Crippen LogP contribution is 2.39. The average Bonchev–Trinajstić information content (AvgIpc) is 2.68. The Morgan fingerprint density at radius 1 is 0.800 bits per heavy atom. The van der Waals surface area contributed by atoms with E-state index in [9.17, 15) is 9.59 Å². The first-order chi connectivity index (χ1) is 12.3. The minimum atomic E-state index is -0.844. The molecule has 0 bridgehead atoms. The molecule has 0 saturated carbocycles. The lowest BCUT2D eigenvalue weighted by molar-refractivity contribution is -0.125. The molecular formula is C21H15NO3. The first kappa shape index (κ1) is 15.1. The Balaban J connectivity index is 1.81. The predicted octanol–water partition coefficient (Wildman–Crippen LogP) is 3.99. The summed E-state index contributed by atoms with van der Waals surface area (Å²) in [5.41, 5.74) is 1.64. The van der Waals surface area contributed by atoms with E-state index >= 15 is 0 Å². The molecule has 3 aromatic carbocycles. The van der Waals surface area contributed by atoms with E-state index in [1.54, 1.807) is 42.5 Å². The second-order valence-corrected chi connectivity index (χ2v) is 5.72. The Kier molecular flexibility index (Phi) is 3.78. The molecule has 0 aliphatic carbocycles. The van der Waals surface area contributed by atoms with E-state index in [0.29, 0.717) is 22.6 Å². The van der Waals surface area contributed by atoms with Crippen LogP contribution in [0.5, 0.6) is 5.75 Å². The molecule has 1 aliphatic rings. The van der Waals surface area contributed by atoms with E-state index in [1.807, 2.05) is 42.5 Å². The molecule has 0 fully saturated rings. The van der Waals surface area contributed by atoms with Gasteiger partial charge in [0.05, 0.1) is 5.69 Å². The Labute approximate surface area is 145 Å². The van der Waals surface area contributed by atoms with Crippen LogP contribution in [0.3, 0.4) is 0 Å². The van der Waals surface area contributed by atoms with Crippen LogP contribution < -0.4 is 9.64 Å². The Bertz CT molecular complexity index is 922. The molecule has 1 heterocycles. The lowest BCUT2D eigenvalue weighted by Gasteiger charge is -2.33. The van der Waals surface area contributed by atoms with Crippen molar-refractivity contribution in [3.63, 3.8) is 0 Å². The molecule has 0 radical (unpaired) electrons. The Morgan fingerprint density at radius 2 is 1.40 bits per heavy atom. The predicted molar refractivity (Wildman–Crippen MR) is 94.5 cm³/mol. The van der Waals surface area contributed by atoms with Gasteiger partial charge < -0.3 is 4.74 Å². The fraction of sp³-hybridized carbons (Fsp3) is 0.0476. The molecule has 2 amide bonds. The maximum atomic E-state index is 13.1. The SMILES string of the molecule is O=C(c1ccccc1)N1C(=O)[C@H](c2ccccc2)Oc2ccccc21. The number of nitrogens with zero attached hydrogens (tertiary/aromatic N) is 1. The number of carbonyl (C=O) groups excluding carboxylic acids is 2. The zero-order valence-electron chi connectivity index (χ0n) is 13.3. The largest absolute Gasteiger partial charge is 0.474 e. The van der Waals surface area contributed by atoms with Gasteiger partial charge in [-0.2, -0.15) is 0 Å². The minimum Gasteiger partial charge on any atom is -0.474 e. The topological polar surface area (TPSA) is 46.6 Å². The zero-order chi connectivity index (χ0) is 17.2. The summed E-state index contributed by atoms with van der Waals surface area (Å²) in [7, 11) is 0. The van der Waals surface area contributed by atoms with Crippen LogP contribution in [0.4, 0.5) is 5.69 Å². The van der Waals surface area contributed by atoms with E-state index in [-0.39, 0.29) is 5.91 Å². The van der Waals surface area contributed by atoms with Crippen LogP contribution in [0.1, 0.15) is 22.0 Å². The first-order valence-electron chi connectivity index (χ1n) is 7.99. The van der Waals surface area contributed by atoms with Gasteiger partial charge in [0.15, 0.2) is 0 Å². The highest BCUT2D eigenvalue weighted by Gasteiger charge is 2.39. The van der Waals surface area contributed by atoms with Gasteiger partial charge in [0.2, 0.25) is 6.10 Å². The zero-order valence-corrected chi connectivity index (χ0v) is 13.3. The number of benzene rings is 3. The molecule has 122 valence electrons. The molecule has 0 N–H and O–H groups in total. The lowest BCUT2D eigenvalue weighted by atomic mass is 10.0. The number of fused-ring (bicyclic) bond motifs is 1. The number of imide groups is 1. The van der Waals surface area contributed by atoms with Crippen LogP contribution in [0.2, 0.25) is 0 Å². The smallest absolute Gasteiger partial charge is 0.279 e. The van der Waals surface area contributed by atoms with Gasteiger partial charge in [-0.1, -0.05) is 60.7 Å². The minimum absolute atomic E-state index is 0.359. The van der Waals surface area contributed by atoms with Crippen molar-refractivity contribution in [1.29, 1.82) is 0 Å². The number of amides is 2. The molecule has 0 saturated heterocycles. The molecule has 25 heavy (non-hydrogen) atoms. The second-order valence-electron chi connectivity index (χ2n) is 5.72. The quantitative estimate of drug-likeness (QED) is 0.668. The highest BCUT2D eigenvalue weighted by atomic mass is 16.5. The average molecular weight is 329 g/mol. The molecule has 4 heteroatoms. The number of rotatable bonds is 2. The number of hydrogen-bond acceptors (Lipinski definition) is 3. The van der Waals surface area contributed by atoms with Crippen LogP contribution in [0, 0.1) is 0 Å². The Morgan fingerprint density at radius 3 is 2.12 bits per heavy atom. The molecule has 0 aromatic heterocycles. The molecular weight excluding hydrogens is 314 g/mol. The summed E-state index contributed by atoms with van der Waals surface area (Å²) in [6.07, 6.45) is -0.844. The van der Waals surface area contributed by atoms with Gasteiger partial charge in [0.1, 0.15) is 5.75 Å². The maximum absolute atomic E-state index is 13.1. The monoisotopic (exact) mass is 329 g/mol. The van der Waals surface area contributed by atoms with Crippen molar-refractivity contribution >= 4 is 17.5 Å². The van der Waals surface area contributed by atoms with Crippen LogP contribution in [0.15, 0.2) is 84.9 Å². The maximum Gasteiger partial charge on any atom is 0.279 e. The third kappa shape index (κ3) is 2.68. The van der Waals surface area contributed by atoms with Gasteiger partial charge in [-0.25, -0.2) is 4.90 Å². The fourth-order valence-corrected chi connectivity index (χ4v) is 2.91. The van der Waals surface area contributed by atoms with Crippen molar-refractivity contribution in [2.24, 2.45) is 0 Å². The van der Waals surface area contributed by atoms with Crippen molar-refractivity contribution < 1.29 is 14.3 Å². The highest BCUT2D eigenvalue weighted by molar-refractivity contribution is 6.23. The molecule has 1 atom stereocenters. The van der Waals surface area contributed by atoms with Gasteiger partial charge in [0, 0.05) is 11.1 Å². The Hall–Kier alpha value is -3.40. The summed E-state index contributed by atoms with van der Waals surface area (Å²) in [5, 5.41) is 0. The standard InChI is InChI=1S/C21H15NO3/c23-20(16-11-5-2-6-12-16)22-17-13-7-8-14-18(17)25-19(21(22)24)15-9-3-1-4-10-15/h1-14,19H/t19-/m0/s1. The van der Waals surface area contributed by atoms with Crippen molar-refractivity contribution in [2.45, 2.75) is 6.10 Å². The number of carbonyl (C=O) groups is 2. The molecule has 1 aliphatic heterocycles. The van der Waals surface area contributed by atoms with E-state index in [4.69, 9.17) is 4.74 Å².